The summed E-state index contributed by atoms with van der Waals surface area (Å²) in [5.74, 6) is 0.781. The van der Waals surface area contributed by atoms with Gasteiger partial charge in [-0.1, -0.05) is 17.7 Å². The molecular formula is C17H18ClN3O. The van der Waals surface area contributed by atoms with Crippen LogP contribution in [-0.2, 0) is 0 Å². The Bertz CT molecular complexity index is 835. The van der Waals surface area contributed by atoms with E-state index in [2.05, 4.69) is 0 Å². The number of fused-ring (bicyclic) bond motifs is 2. The van der Waals surface area contributed by atoms with Crippen molar-refractivity contribution >= 4 is 33.4 Å². The van der Waals surface area contributed by atoms with Crippen LogP contribution in [0.4, 0.5) is 0 Å². The van der Waals surface area contributed by atoms with E-state index in [0.29, 0.717) is 18.0 Å². The number of pyridine rings is 1. The van der Waals surface area contributed by atoms with Crippen LogP contribution in [0.1, 0.15) is 18.0 Å². The summed E-state index contributed by atoms with van der Waals surface area (Å²) in [4.78, 5) is 4.69. The summed E-state index contributed by atoms with van der Waals surface area (Å²) >= 11 is 6.10. The van der Waals surface area contributed by atoms with Crippen molar-refractivity contribution in [2.75, 3.05) is 13.7 Å². The Morgan fingerprint density at radius 2 is 1.95 bits per heavy atom. The minimum Gasteiger partial charge on any atom is -0.497 e. The third kappa shape index (κ3) is 2.61. The van der Waals surface area contributed by atoms with Gasteiger partial charge < -0.3 is 16.2 Å². The van der Waals surface area contributed by atoms with Gasteiger partial charge >= 0.3 is 0 Å². The number of nitrogens with zero attached hydrogens (tertiary/aromatic N) is 1. The van der Waals surface area contributed by atoms with Crippen LogP contribution >= 0.6 is 11.6 Å². The van der Waals surface area contributed by atoms with Crippen LogP contribution in [0.3, 0.4) is 0 Å². The van der Waals surface area contributed by atoms with E-state index in [1.807, 2.05) is 36.4 Å². The van der Waals surface area contributed by atoms with Crippen molar-refractivity contribution in [3.05, 3.63) is 47.0 Å². The Hall–Kier alpha value is -1.88. The number of benzene rings is 2. The zero-order valence-electron chi connectivity index (χ0n) is 12.3. The van der Waals surface area contributed by atoms with Crippen LogP contribution < -0.4 is 16.2 Å². The molecule has 22 heavy (non-hydrogen) atoms. The Morgan fingerprint density at radius 3 is 2.68 bits per heavy atom. The zero-order chi connectivity index (χ0) is 15.7. The van der Waals surface area contributed by atoms with Gasteiger partial charge in [0.05, 0.1) is 18.1 Å². The minimum absolute atomic E-state index is 0.161. The standard InChI is InChI=1S/C17H18ClN3O/c1-22-11-3-5-15-13(9-11)17(14(20)6-7-19)12-4-2-10(18)8-16(12)21-15/h2-5,8-9,14H,6-7,19-20H2,1H3. The molecule has 1 heterocycles. The molecule has 1 aromatic heterocycles. The minimum atomic E-state index is -0.161. The number of rotatable bonds is 4. The van der Waals surface area contributed by atoms with Crippen molar-refractivity contribution in [1.29, 1.82) is 0 Å². The first kappa shape index (κ1) is 15.0. The predicted octanol–water partition coefficient (Wildman–Crippen LogP) is 3.40. The van der Waals surface area contributed by atoms with Crippen molar-refractivity contribution < 1.29 is 4.74 Å². The average molecular weight is 316 g/mol. The van der Waals surface area contributed by atoms with Crippen molar-refractivity contribution in [1.82, 2.24) is 4.98 Å². The summed E-state index contributed by atoms with van der Waals surface area (Å²) in [7, 11) is 1.65. The van der Waals surface area contributed by atoms with Gasteiger partial charge in [-0.2, -0.15) is 0 Å². The van der Waals surface area contributed by atoms with E-state index in [4.69, 9.17) is 32.8 Å². The predicted molar refractivity (Wildman–Crippen MR) is 91.4 cm³/mol. The summed E-state index contributed by atoms with van der Waals surface area (Å²) in [6.45, 7) is 0.532. The van der Waals surface area contributed by atoms with Crippen LogP contribution in [0.5, 0.6) is 5.75 Å². The molecule has 0 aliphatic heterocycles. The van der Waals surface area contributed by atoms with Crippen molar-refractivity contribution in [2.24, 2.45) is 11.5 Å². The van der Waals surface area contributed by atoms with Crippen LogP contribution in [-0.4, -0.2) is 18.6 Å². The average Bonchev–Trinajstić information content (AvgIpc) is 2.52. The number of ether oxygens (including phenoxy) is 1. The smallest absolute Gasteiger partial charge is 0.119 e. The number of hydrogen-bond donors (Lipinski definition) is 2. The number of hydrogen-bond acceptors (Lipinski definition) is 4. The highest BCUT2D eigenvalue weighted by molar-refractivity contribution is 6.31. The van der Waals surface area contributed by atoms with Gasteiger partial charge in [0.25, 0.3) is 0 Å². The summed E-state index contributed by atoms with van der Waals surface area (Å²) < 4.78 is 5.33. The lowest BCUT2D eigenvalue weighted by atomic mass is 9.95. The molecule has 114 valence electrons. The quantitative estimate of drug-likeness (QED) is 0.724. The number of aromatic nitrogens is 1. The molecule has 0 saturated carbocycles. The van der Waals surface area contributed by atoms with Crippen molar-refractivity contribution in [3.8, 4) is 5.75 Å². The molecule has 3 aromatic rings. The van der Waals surface area contributed by atoms with E-state index in [9.17, 15) is 0 Å². The Morgan fingerprint density at radius 1 is 1.14 bits per heavy atom. The van der Waals surface area contributed by atoms with Gasteiger partial charge in [0.2, 0.25) is 0 Å². The lowest BCUT2D eigenvalue weighted by molar-refractivity contribution is 0.415. The van der Waals surface area contributed by atoms with Gasteiger partial charge in [-0.3, -0.25) is 0 Å². The van der Waals surface area contributed by atoms with Crippen molar-refractivity contribution in [3.63, 3.8) is 0 Å². The molecule has 0 radical (unpaired) electrons. The van der Waals surface area contributed by atoms with Crippen LogP contribution in [0.15, 0.2) is 36.4 Å². The second kappa shape index (κ2) is 6.08. The highest BCUT2D eigenvalue weighted by atomic mass is 35.5. The van der Waals surface area contributed by atoms with Gasteiger partial charge in [0, 0.05) is 21.8 Å². The largest absolute Gasteiger partial charge is 0.497 e. The molecule has 0 spiro atoms. The molecular weight excluding hydrogens is 298 g/mol. The fourth-order valence-electron chi connectivity index (χ4n) is 2.78. The highest BCUT2D eigenvalue weighted by Crippen LogP contribution is 2.34. The molecule has 4 N–H and O–H groups in total. The highest BCUT2D eigenvalue weighted by Gasteiger charge is 2.16. The molecule has 0 aliphatic carbocycles. The van der Waals surface area contributed by atoms with Gasteiger partial charge in [0.15, 0.2) is 0 Å². The first-order valence-corrected chi connectivity index (χ1v) is 7.54. The van der Waals surface area contributed by atoms with E-state index in [0.717, 1.165) is 33.1 Å². The van der Waals surface area contributed by atoms with Gasteiger partial charge in [-0.25, -0.2) is 4.98 Å². The topological polar surface area (TPSA) is 74.2 Å². The molecule has 0 fully saturated rings. The second-order valence-corrected chi connectivity index (χ2v) is 5.69. The first-order valence-electron chi connectivity index (χ1n) is 7.16. The maximum atomic E-state index is 6.39. The molecule has 1 unspecified atom stereocenters. The van der Waals surface area contributed by atoms with Crippen molar-refractivity contribution in [2.45, 2.75) is 12.5 Å². The van der Waals surface area contributed by atoms with Gasteiger partial charge in [-0.05, 0) is 48.9 Å². The van der Waals surface area contributed by atoms with E-state index in [1.54, 1.807) is 7.11 Å². The van der Waals surface area contributed by atoms with Crippen LogP contribution in [0.2, 0.25) is 5.02 Å². The van der Waals surface area contributed by atoms with E-state index >= 15 is 0 Å². The lowest BCUT2D eigenvalue weighted by Crippen LogP contribution is -2.16. The Balaban J connectivity index is 2.39. The van der Waals surface area contributed by atoms with E-state index in [-0.39, 0.29) is 6.04 Å². The van der Waals surface area contributed by atoms with E-state index < -0.39 is 0 Å². The molecule has 0 bridgehead atoms. The SMILES string of the molecule is COc1ccc2nc3cc(Cl)ccc3c(C(N)CCN)c2c1. The summed E-state index contributed by atoms with van der Waals surface area (Å²) in [5, 5.41) is 2.66. The fourth-order valence-corrected chi connectivity index (χ4v) is 2.94. The molecule has 2 aromatic carbocycles. The molecule has 0 saturated heterocycles. The normalized spacial score (nSPS) is 12.7. The number of methoxy groups -OCH3 is 1. The third-order valence-corrected chi connectivity index (χ3v) is 4.07. The summed E-state index contributed by atoms with van der Waals surface area (Å²) in [5.41, 5.74) is 14.8. The Kier molecular flexibility index (Phi) is 4.16. The number of halogens is 1. The number of nitrogens with two attached hydrogens (primary N) is 2. The lowest BCUT2D eigenvalue weighted by Gasteiger charge is -2.17. The summed E-state index contributed by atoms with van der Waals surface area (Å²) in [6.07, 6.45) is 0.702. The van der Waals surface area contributed by atoms with Gasteiger partial charge in [0.1, 0.15) is 5.75 Å². The third-order valence-electron chi connectivity index (χ3n) is 3.83. The van der Waals surface area contributed by atoms with Crippen LogP contribution in [0.25, 0.3) is 21.8 Å². The molecule has 4 nitrogen and oxygen atoms in total. The van der Waals surface area contributed by atoms with E-state index in [1.165, 1.54) is 0 Å². The maximum absolute atomic E-state index is 6.39. The Labute approximate surface area is 134 Å². The monoisotopic (exact) mass is 315 g/mol. The fraction of sp³-hybridized carbons (Fsp3) is 0.235. The second-order valence-electron chi connectivity index (χ2n) is 5.25. The maximum Gasteiger partial charge on any atom is 0.119 e. The zero-order valence-corrected chi connectivity index (χ0v) is 13.1. The van der Waals surface area contributed by atoms with Gasteiger partial charge in [-0.15, -0.1) is 0 Å². The molecule has 1 atom stereocenters. The molecule has 3 rings (SSSR count). The molecule has 5 heteroatoms. The molecule has 0 amide bonds. The molecule has 0 aliphatic rings. The summed E-state index contributed by atoms with van der Waals surface area (Å²) in [6, 6.07) is 11.3. The van der Waals surface area contributed by atoms with Crippen LogP contribution in [0, 0.1) is 0 Å². The first-order chi connectivity index (χ1) is 10.6.